The number of carbonyl (C=O) groups excluding carboxylic acids is 1. The number of aromatic nitrogens is 1. The third kappa shape index (κ3) is 4.99. The number of fused-ring (bicyclic) bond motifs is 1. The van der Waals surface area contributed by atoms with Crippen LogP contribution < -0.4 is 24.4 Å². The van der Waals surface area contributed by atoms with Gasteiger partial charge in [-0.1, -0.05) is 35.6 Å². The van der Waals surface area contributed by atoms with Gasteiger partial charge in [0, 0.05) is 0 Å². The zero-order chi connectivity index (χ0) is 26.0. The van der Waals surface area contributed by atoms with Gasteiger partial charge in [0.15, 0.2) is 4.80 Å². The minimum atomic E-state index is -0.682. The fourth-order valence-electron chi connectivity index (χ4n) is 4.18. The molecule has 36 heavy (non-hydrogen) atoms. The Balaban J connectivity index is 1.88. The molecule has 3 aromatic rings. The molecule has 1 aliphatic heterocycles. The van der Waals surface area contributed by atoms with Gasteiger partial charge < -0.3 is 14.2 Å². The number of methoxy groups -OCH3 is 1. The second-order valence-electron chi connectivity index (χ2n) is 8.77. The third-order valence-electron chi connectivity index (χ3n) is 5.81. The molecule has 0 saturated carbocycles. The lowest BCUT2D eigenvalue weighted by Crippen LogP contribution is -2.40. The van der Waals surface area contributed by atoms with E-state index in [2.05, 4.69) is 4.99 Å². The molecule has 1 aliphatic rings. The summed E-state index contributed by atoms with van der Waals surface area (Å²) in [6.45, 7) is 9.64. The van der Waals surface area contributed by atoms with Gasteiger partial charge in [-0.15, -0.1) is 0 Å². The highest BCUT2D eigenvalue weighted by atomic mass is 32.1. The second-order valence-corrected chi connectivity index (χ2v) is 9.78. The highest BCUT2D eigenvalue weighted by Gasteiger charge is 2.33. The van der Waals surface area contributed by atoms with Crippen LogP contribution in [0.15, 0.2) is 63.5 Å². The number of aryl methyl sites for hydroxylation is 1. The second kappa shape index (κ2) is 10.5. The normalized spacial score (nSPS) is 15.5. The first-order valence-electron chi connectivity index (χ1n) is 11.8. The molecule has 0 radical (unpaired) electrons. The van der Waals surface area contributed by atoms with E-state index in [9.17, 15) is 9.59 Å². The van der Waals surface area contributed by atoms with E-state index in [1.165, 1.54) is 11.3 Å². The Morgan fingerprint density at radius 3 is 2.53 bits per heavy atom. The lowest BCUT2D eigenvalue weighted by atomic mass is 9.95. The Bertz CT molecular complexity index is 1500. The lowest BCUT2D eigenvalue weighted by molar-refractivity contribution is -0.139. The standard InChI is InChI=1S/C28H30N2O5S/c1-7-34-27(32)24-18(5)29-28-30(25(24)20-11-8-17(4)22(15-20)33-6)26(31)23(36-28)14-19-9-12-21(13-10-19)35-16(2)3/h8-16,25H,7H2,1-6H3/t25-/m0/s1. The number of nitrogens with zero attached hydrogens (tertiary/aromatic N) is 2. The zero-order valence-electron chi connectivity index (χ0n) is 21.3. The Hall–Kier alpha value is -3.65. The van der Waals surface area contributed by atoms with Crippen LogP contribution in [-0.4, -0.2) is 30.4 Å². The van der Waals surface area contributed by atoms with Crippen molar-refractivity contribution in [2.75, 3.05) is 13.7 Å². The SMILES string of the molecule is CCOC(=O)C1=C(C)N=c2sc(=Cc3ccc(OC(C)C)cc3)c(=O)n2[C@H]1c1ccc(C)c(OC)c1. The number of carbonyl (C=O) groups is 1. The van der Waals surface area contributed by atoms with Crippen LogP contribution in [0, 0.1) is 6.92 Å². The van der Waals surface area contributed by atoms with Crippen LogP contribution in [0.5, 0.6) is 11.5 Å². The molecule has 1 aromatic heterocycles. The van der Waals surface area contributed by atoms with Crippen molar-refractivity contribution in [2.45, 2.75) is 46.8 Å². The minimum absolute atomic E-state index is 0.0803. The molecule has 0 unspecified atom stereocenters. The van der Waals surface area contributed by atoms with Crippen molar-refractivity contribution < 1.29 is 19.0 Å². The molecule has 7 nitrogen and oxygen atoms in total. The number of ether oxygens (including phenoxy) is 3. The van der Waals surface area contributed by atoms with Crippen molar-refractivity contribution in [2.24, 2.45) is 4.99 Å². The van der Waals surface area contributed by atoms with E-state index in [-0.39, 0.29) is 18.3 Å². The Labute approximate surface area is 214 Å². The largest absolute Gasteiger partial charge is 0.496 e. The quantitative estimate of drug-likeness (QED) is 0.454. The summed E-state index contributed by atoms with van der Waals surface area (Å²) in [6, 6.07) is 12.6. The number of esters is 1. The number of hydrogen-bond donors (Lipinski definition) is 0. The van der Waals surface area contributed by atoms with Crippen molar-refractivity contribution in [3.63, 3.8) is 0 Å². The smallest absolute Gasteiger partial charge is 0.338 e. The summed E-state index contributed by atoms with van der Waals surface area (Å²) in [4.78, 5) is 31.9. The first kappa shape index (κ1) is 25.4. The van der Waals surface area contributed by atoms with E-state index in [0.717, 1.165) is 22.4 Å². The van der Waals surface area contributed by atoms with Crippen LogP contribution in [0.4, 0.5) is 0 Å². The highest BCUT2D eigenvalue weighted by molar-refractivity contribution is 7.07. The molecule has 0 saturated heterocycles. The van der Waals surface area contributed by atoms with Gasteiger partial charge >= 0.3 is 5.97 Å². The van der Waals surface area contributed by atoms with Gasteiger partial charge in [-0.3, -0.25) is 9.36 Å². The van der Waals surface area contributed by atoms with Crippen LogP contribution in [-0.2, 0) is 9.53 Å². The Kier molecular flexibility index (Phi) is 7.45. The fourth-order valence-corrected chi connectivity index (χ4v) is 5.23. The van der Waals surface area contributed by atoms with Gasteiger partial charge in [-0.05, 0) is 75.6 Å². The summed E-state index contributed by atoms with van der Waals surface area (Å²) in [6.07, 6.45) is 1.91. The molecule has 0 fully saturated rings. The number of benzene rings is 2. The topological polar surface area (TPSA) is 79.1 Å². The zero-order valence-corrected chi connectivity index (χ0v) is 22.1. The fraction of sp³-hybridized carbons (Fsp3) is 0.321. The van der Waals surface area contributed by atoms with E-state index >= 15 is 0 Å². The third-order valence-corrected chi connectivity index (χ3v) is 6.80. The monoisotopic (exact) mass is 506 g/mol. The summed E-state index contributed by atoms with van der Waals surface area (Å²) in [5, 5.41) is 0. The average Bonchev–Trinajstić information content (AvgIpc) is 3.14. The van der Waals surface area contributed by atoms with Crippen molar-refractivity contribution in [1.29, 1.82) is 0 Å². The molecule has 0 N–H and O–H groups in total. The molecule has 0 spiro atoms. The van der Waals surface area contributed by atoms with E-state index in [1.807, 2.05) is 69.3 Å². The number of rotatable bonds is 7. The summed E-state index contributed by atoms with van der Waals surface area (Å²) < 4.78 is 18.7. The van der Waals surface area contributed by atoms with Crippen LogP contribution in [0.1, 0.15) is 50.4 Å². The molecule has 0 amide bonds. The number of hydrogen-bond acceptors (Lipinski definition) is 7. The summed E-state index contributed by atoms with van der Waals surface area (Å²) in [5.74, 6) is 0.959. The van der Waals surface area contributed by atoms with Crippen molar-refractivity contribution in [3.05, 3.63) is 90.1 Å². The highest BCUT2D eigenvalue weighted by Crippen LogP contribution is 2.33. The number of allylic oxidation sites excluding steroid dienone is 1. The molecule has 2 heterocycles. The maximum Gasteiger partial charge on any atom is 0.338 e. The molecule has 2 aromatic carbocycles. The molecule has 188 valence electrons. The predicted molar refractivity (Wildman–Crippen MR) is 140 cm³/mol. The van der Waals surface area contributed by atoms with Gasteiger partial charge in [0.25, 0.3) is 5.56 Å². The van der Waals surface area contributed by atoms with Crippen LogP contribution in [0.25, 0.3) is 6.08 Å². The van der Waals surface area contributed by atoms with Crippen LogP contribution in [0.2, 0.25) is 0 Å². The maximum absolute atomic E-state index is 13.7. The average molecular weight is 507 g/mol. The van der Waals surface area contributed by atoms with Gasteiger partial charge in [-0.25, -0.2) is 9.79 Å². The molecule has 8 heteroatoms. The van der Waals surface area contributed by atoms with E-state index in [0.29, 0.717) is 26.4 Å². The Morgan fingerprint density at radius 2 is 1.89 bits per heavy atom. The lowest BCUT2D eigenvalue weighted by Gasteiger charge is -2.25. The first-order chi connectivity index (χ1) is 17.2. The van der Waals surface area contributed by atoms with Gasteiger partial charge in [0.1, 0.15) is 11.5 Å². The predicted octanol–water partition coefficient (Wildman–Crippen LogP) is 3.90. The van der Waals surface area contributed by atoms with Crippen molar-refractivity contribution >= 4 is 23.4 Å². The van der Waals surface area contributed by atoms with E-state index < -0.39 is 12.0 Å². The van der Waals surface area contributed by atoms with Crippen molar-refractivity contribution in [3.8, 4) is 11.5 Å². The first-order valence-corrected chi connectivity index (χ1v) is 12.7. The maximum atomic E-state index is 13.7. The van der Waals surface area contributed by atoms with Crippen LogP contribution in [0.3, 0.4) is 0 Å². The van der Waals surface area contributed by atoms with Gasteiger partial charge in [0.05, 0.1) is 41.7 Å². The van der Waals surface area contributed by atoms with Crippen molar-refractivity contribution in [1.82, 2.24) is 4.57 Å². The molecule has 0 aliphatic carbocycles. The van der Waals surface area contributed by atoms with E-state index in [4.69, 9.17) is 14.2 Å². The number of thiazole rings is 1. The van der Waals surface area contributed by atoms with E-state index in [1.54, 1.807) is 25.5 Å². The molecular weight excluding hydrogens is 476 g/mol. The summed E-state index contributed by atoms with van der Waals surface area (Å²) in [5.41, 5.74) is 3.22. The summed E-state index contributed by atoms with van der Waals surface area (Å²) >= 11 is 1.29. The van der Waals surface area contributed by atoms with Gasteiger partial charge in [-0.2, -0.15) is 0 Å². The Morgan fingerprint density at radius 1 is 1.17 bits per heavy atom. The minimum Gasteiger partial charge on any atom is -0.496 e. The van der Waals surface area contributed by atoms with Gasteiger partial charge in [0.2, 0.25) is 0 Å². The summed E-state index contributed by atoms with van der Waals surface area (Å²) in [7, 11) is 1.60. The van der Waals surface area contributed by atoms with Crippen LogP contribution >= 0.6 is 11.3 Å². The molecule has 4 rings (SSSR count). The molecule has 1 atom stereocenters. The molecular formula is C28H30N2O5S. The molecule has 0 bridgehead atoms.